The molecule has 0 aliphatic carbocycles. The first-order chi connectivity index (χ1) is 9.63. The maximum atomic E-state index is 10.5. The molecule has 104 valence electrons. The molecule has 0 bridgehead atoms. The van der Waals surface area contributed by atoms with Gasteiger partial charge in [-0.05, 0) is 41.8 Å². The van der Waals surface area contributed by atoms with Gasteiger partial charge in [-0.15, -0.1) is 11.8 Å². The molecule has 3 rings (SSSR count). The lowest BCUT2D eigenvalue weighted by Gasteiger charge is -2.17. The van der Waals surface area contributed by atoms with Crippen molar-refractivity contribution in [1.82, 2.24) is 0 Å². The highest BCUT2D eigenvalue weighted by atomic mass is 35.5. The average molecular weight is 325 g/mol. The quantitative estimate of drug-likeness (QED) is 0.889. The van der Waals surface area contributed by atoms with Gasteiger partial charge in [0.05, 0.1) is 6.10 Å². The zero-order valence-corrected chi connectivity index (χ0v) is 13.1. The third-order valence-electron chi connectivity index (χ3n) is 3.54. The number of fused-ring (bicyclic) bond motifs is 1. The number of rotatable bonds is 3. The predicted molar refractivity (Wildman–Crippen MR) is 86.0 cm³/mol. The Morgan fingerprint density at radius 2 is 2.00 bits per heavy atom. The van der Waals surface area contributed by atoms with Crippen LogP contribution in [0, 0.1) is 0 Å². The summed E-state index contributed by atoms with van der Waals surface area (Å²) >= 11 is 13.9. The maximum absolute atomic E-state index is 10.5. The fourth-order valence-corrected chi connectivity index (χ4v) is 4.17. The van der Waals surface area contributed by atoms with E-state index in [0.29, 0.717) is 16.5 Å². The van der Waals surface area contributed by atoms with Gasteiger partial charge in [-0.25, -0.2) is 0 Å². The predicted octanol–water partition coefficient (Wildman–Crippen LogP) is 4.61. The molecule has 1 N–H and O–H groups in total. The molecule has 1 aliphatic heterocycles. The molecule has 2 unspecified atom stereocenters. The van der Waals surface area contributed by atoms with Crippen molar-refractivity contribution in [3.63, 3.8) is 0 Å². The van der Waals surface area contributed by atoms with Gasteiger partial charge >= 0.3 is 0 Å². The van der Waals surface area contributed by atoms with Crippen LogP contribution in [0.4, 0.5) is 0 Å². The molecular weight excluding hydrogens is 311 g/mol. The fourth-order valence-electron chi connectivity index (χ4n) is 2.48. The standard InChI is InChI=1S/C16H14Cl2OS/c17-12-5-6-13(18)11(7-12)8-14(19)16-9-10-3-1-2-4-15(10)20-16/h1-7,14,16,19H,8-9H2. The second-order valence-corrected chi connectivity index (χ2v) is 7.10. The number of aliphatic hydroxyl groups is 1. The monoisotopic (exact) mass is 324 g/mol. The van der Waals surface area contributed by atoms with E-state index in [1.54, 1.807) is 23.9 Å². The lowest BCUT2D eigenvalue weighted by Crippen LogP contribution is -2.25. The Labute approximate surface area is 132 Å². The van der Waals surface area contributed by atoms with Crippen LogP contribution in [0.2, 0.25) is 10.0 Å². The van der Waals surface area contributed by atoms with E-state index in [2.05, 4.69) is 12.1 Å². The molecule has 0 aromatic heterocycles. The van der Waals surface area contributed by atoms with E-state index in [4.69, 9.17) is 23.2 Å². The Bertz CT molecular complexity index is 605. The number of halogens is 2. The molecule has 1 nitrogen and oxygen atoms in total. The van der Waals surface area contributed by atoms with Crippen LogP contribution in [0.15, 0.2) is 47.4 Å². The van der Waals surface area contributed by atoms with Crippen molar-refractivity contribution in [2.45, 2.75) is 29.1 Å². The minimum atomic E-state index is -0.427. The Balaban J connectivity index is 1.72. The van der Waals surface area contributed by atoms with Gasteiger partial charge in [0.1, 0.15) is 0 Å². The van der Waals surface area contributed by atoms with Crippen LogP contribution in [0.5, 0.6) is 0 Å². The third-order valence-corrected chi connectivity index (χ3v) is 5.58. The number of benzene rings is 2. The van der Waals surface area contributed by atoms with Crippen LogP contribution >= 0.6 is 35.0 Å². The van der Waals surface area contributed by atoms with Crippen molar-refractivity contribution >= 4 is 35.0 Å². The Hall–Kier alpha value is -0.670. The molecule has 2 atom stereocenters. The van der Waals surface area contributed by atoms with E-state index >= 15 is 0 Å². The van der Waals surface area contributed by atoms with Gasteiger partial charge < -0.3 is 5.11 Å². The van der Waals surface area contributed by atoms with Crippen LogP contribution in [-0.4, -0.2) is 16.5 Å². The van der Waals surface area contributed by atoms with Gasteiger partial charge in [0, 0.05) is 26.6 Å². The van der Waals surface area contributed by atoms with E-state index in [1.807, 2.05) is 18.2 Å². The fraction of sp³-hybridized carbons (Fsp3) is 0.250. The Morgan fingerprint density at radius 3 is 2.80 bits per heavy atom. The van der Waals surface area contributed by atoms with Crippen LogP contribution in [0.3, 0.4) is 0 Å². The summed E-state index contributed by atoms with van der Waals surface area (Å²) in [6.45, 7) is 0. The van der Waals surface area contributed by atoms with Gasteiger partial charge in [0.15, 0.2) is 0 Å². The summed E-state index contributed by atoms with van der Waals surface area (Å²) in [6.07, 6.45) is 1.01. The number of thioether (sulfide) groups is 1. The molecule has 1 aliphatic rings. The molecule has 4 heteroatoms. The molecule has 2 aromatic rings. The minimum absolute atomic E-state index is 0.183. The van der Waals surface area contributed by atoms with Crippen molar-refractivity contribution in [2.24, 2.45) is 0 Å². The summed E-state index contributed by atoms with van der Waals surface area (Å²) < 4.78 is 0. The summed E-state index contributed by atoms with van der Waals surface area (Å²) in [5.41, 5.74) is 2.22. The van der Waals surface area contributed by atoms with E-state index in [1.165, 1.54) is 10.5 Å². The minimum Gasteiger partial charge on any atom is -0.392 e. The van der Waals surface area contributed by atoms with Crippen LogP contribution in [0.1, 0.15) is 11.1 Å². The van der Waals surface area contributed by atoms with Crippen LogP contribution in [-0.2, 0) is 12.8 Å². The van der Waals surface area contributed by atoms with Gasteiger partial charge in [0.2, 0.25) is 0 Å². The summed E-state index contributed by atoms with van der Waals surface area (Å²) in [4.78, 5) is 1.27. The van der Waals surface area contributed by atoms with Crippen molar-refractivity contribution in [2.75, 3.05) is 0 Å². The van der Waals surface area contributed by atoms with Crippen molar-refractivity contribution in [3.8, 4) is 0 Å². The molecule has 0 radical (unpaired) electrons. The van der Waals surface area contributed by atoms with E-state index in [-0.39, 0.29) is 5.25 Å². The van der Waals surface area contributed by atoms with E-state index < -0.39 is 6.10 Å². The van der Waals surface area contributed by atoms with E-state index in [9.17, 15) is 5.11 Å². The van der Waals surface area contributed by atoms with Crippen molar-refractivity contribution in [3.05, 3.63) is 63.6 Å². The summed E-state index contributed by atoms with van der Waals surface area (Å²) in [6, 6.07) is 13.7. The first-order valence-corrected chi connectivity index (χ1v) is 8.13. The first kappa shape index (κ1) is 14.3. The SMILES string of the molecule is OC(Cc1cc(Cl)ccc1Cl)C1Cc2ccccc2S1. The van der Waals surface area contributed by atoms with Crippen LogP contribution in [0.25, 0.3) is 0 Å². The topological polar surface area (TPSA) is 20.2 Å². The summed E-state index contributed by atoms with van der Waals surface area (Å²) in [5, 5.41) is 12.0. The van der Waals surface area contributed by atoms with Crippen LogP contribution < -0.4 is 0 Å². The number of aliphatic hydroxyl groups excluding tert-OH is 1. The first-order valence-electron chi connectivity index (χ1n) is 6.50. The Morgan fingerprint density at radius 1 is 1.20 bits per heavy atom. The van der Waals surface area contributed by atoms with Gasteiger partial charge in [-0.3, -0.25) is 0 Å². The Kier molecular flexibility index (Phi) is 4.27. The molecule has 0 amide bonds. The highest BCUT2D eigenvalue weighted by molar-refractivity contribution is 8.00. The maximum Gasteiger partial charge on any atom is 0.0706 e. The molecular formula is C16H14Cl2OS. The lowest BCUT2D eigenvalue weighted by atomic mass is 10.0. The van der Waals surface area contributed by atoms with E-state index in [0.717, 1.165) is 12.0 Å². The zero-order valence-electron chi connectivity index (χ0n) is 10.7. The normalized spacial score (nSPS) is 18.9. The smallest absolute Gasteiger partial charge is 0.0706 e. The second-order valence-electron chi connectivity index (χ2n) is 4.98. The van der Waals surface area contributed by atoms with Gasteiger partial charge in [-0.1, -0.05) is 41.4 Å². The third kappa shape index (κ3) is 2.99. The molecule has 0 spiro atoms. The number of hydrogen-bond acceptors (Lipinski definition) is 2. The second kappa shape index (κ2) is 5.98. The molecule has 0 saturated heterocycles. The molecule has 20 heavy (non-hydrogen) atoms. The summed E-state index contributed by atoms with van der Waals surface area (Å²) in [7, 11) is 0. The van der Waals surface area contributed by atoms with Gasteiger partial charge in [-0.2, -0.15) is 0 Å². The zero-order chi connectivity index (χ0) is 14.1. The van der Waals surface area contributed by atoms with Gasteiger partial charge in [0.25, 0.3) is 0 Å². The highest BCUT2D eigenvalue weighted by Gasteiger charge is 2.28. The molecule has 2 aromatic carbocycles. The largest absolute Gasteiger partial charge is 0.392 e. The van der Waals surface area contributed by atoms with Crippen molar-refractivity contribution < 1.29 is 5.11 Å². The molecule has 1 heterocycles. The lowest BCUT2D eigenvalue weighted by molar-refractivity contribution is 0.172. The average Bonchev–Trinajstić information content (AvgIpc) is 2.87. The molecule has 0 saturated carbocycles. The van der Waals surface area contributed by atoms with Crippen molar-refractivity contribution in [1.29, 1.82) is 0 Å². The highest BCUT2D eigenvalue weighted by Crippen LogP contribution is 2.39. The summed E-state index contributed by atoms with van der Waals surface area (Å²) in [5.74, 6) is 0. The number of hydrogen-bond donors (Lipinski definition) is 1. The molecule has 0 fully saturated rings.